The summed E-state index contributed by atoms with van der Waals surface area (Å²) in [5.41, 5.74) is 1.70. The van der Waals surface area contributed by atoms with Crippen molar-refractivity contribution in [2.24, 2.45) is 0 Å². The lowest BCUT2D eigenvalue weighted by atomic mass is 10.1. The number of hydrogen-bond donors (Lipinski definition) is 0. The van der Waals surface area contributed by atoms with Crippen LogP contribution >= 0.6 is 11.6 Å². The molecule has 0 saturated carbocycles. The van der Waals surface area contributed by atoms with Crippen LogP contribution in [0.2, 0.25) is 5.02 Å². The van der Waals surface area contributed by atoms with Crippen LogP contribution in [0.25, 0.3) is 0 Å². The van der Waals surface area contributed by atoms with Crippen molar-refractivity contribution in [2.75, 3.05) is 17.9 Å². The van der Waals surface area contributed by atoms with Gasteiger partial charge in [0.15, 0.2) is 0 Å². The van der Waals surface area contributed by atoms with Crippen LogP contribution in [0.4, 0.5) is 5.69 Å². The van der Waals surface area contributed by atoms with Crippen molar-refractivity contribution < 1.29 is 13.2 Å². The molecule has 30 heavy (non-hydrogen) atoms. The number of anilines is 1. The number of benzene rings is 3. The summed E-state index contributed by atoms with van der Waals surface area (Å²) >= 11 is 6.19. The lowest BCUT2D eigenvalue weighted by molar-refractivity contribution is 0.0785. The molecule has 3 aromatic rings. The standard InChI is InChI=1S/C23H23ClN2O3S/c1-3-26(20-12-5-4-6-13-20)30(28,29)21-14-9-11-18(16-21)23(27)25(2)17-19-10-7-8-15-22(19)24/h4-16H,3,17H2,1-2H3. The third-order valence-corrected chi connectivity index (χ3v) is 6.98. The lowest BCUT2D eigenvalue weighted by Crippen LogP contribution is -2.31. The fourth-order valence-electron chi connectivity index (χ4n) is 3.18. The maximum Gasteiger partial charge on any atom is 0.264 e. The highest BCUT2D eigenvalue weighted by molar-refractivity contribution is 7.92. The molecular formula is C23H23ClN2O3S. The largest absolute Gasteiger partial charge is 0.337 e. The molecule has 7 heteroatoms. The highest BCUT2D eigenvalue weighted by Crippen LogP contribution is 2.24. The first-order chi connectivity index (χ1) is 14.3. The third-order valence-electron chi connectivity index (χ3n) is 4.71. The minimum absolute atomic E-state index is 0.0743. The molecule has 0 N–H and O–H groups in total. The highest BCUT2D eigenvalue weighted by atomic mass is 35.5. The first-order valence-corrected chi connectivity index (χ1v) is 11.3. The van der Waals surface area contributed by atoms with Gasteiger partial charge in [-0.15, -0.1) is 0 Å². The molecule has 0 aliphatic heterocycles. The summed E-state index contributed by atoms with van der Waals surface area (Å²) in [6.45, 7) is 2.37. The lowest BCUT2D eigenvalue weighted by Gasteiger charge is -2.23. The molecule has 0 radical (unpaired) electrons. The Labute approximate surface area is 182 Å². The van der Waals surface area contributed by atoms with Gasteiger partial charge in [0.1, 0.15) is 0 Å². The van der Waals surface area contributed by atoms with E-state index in [0.29, 0.717) is 22.8 Å². The van der Waals surface area contributed by atoms with Crippen LogP contribution in [0.1, 0.15) is 22.8 Å². The molecule has 0 atom stereocenters. The number of nitrogens with zero attached hydrogens (tertiary/aromatic N) is 2. The zero-order valence-electron chi connectivity index (χ0n) is 16.8. The van der Waals surface area contributed by atoms with Gasteiger partial charge in [-0.2, -0.15) is 0 Å². The van der Waals surface area contributed by atoms with Crippen molar-refractivity contribution in [2.45, 2.75) is 18.4 Å². The summed E-state index contributed by atoms with van der Waals surface area (Å²) in [6.07, 6.45) is 0. The Morgan fingerprint density at radius 3 is 2.27 bits per heavy atom. The number of hydrogen-bond acceptors (Lipinski definition) is 3. The van der Waals surface area contributed by atoms with Crippen LogP contribution in [0.3, 0.4) is 0 Å². The van der Waals surface area contributed by atoms with Gasteiger partial charge in [0, 0.05) is 30.7 Å². The van der Waals surface area contributed by atoms with Crippen molar-refractivity contribution in [1.29, 1.82) is 0 Å². The molecule has 0 bridgehead atoms. The Bertz CT molecular complexity index is 1130. The fourth-order valence-corrected chi connectivity index (χ4v) is 4.89. The van der Waals surface area contributed by atoms with E-state index in [0.717, 1.165) is 5.56 Å². The van der Waals surface area contributed by atoms with Gasteiger partial charge in [-0.1, -0.05) is 54.1 Å². The molecule has 3 aromatic carbocycles. The monoisotopic (exact) mass is 442 g/mol. The summed E-state index contributed by atoms with van der Waals surface area (Å²) < 4.78 is 27.8. The van der Waals surface area contributed by atoms with Gasteiger partial charge in [0.05, 0.1) is 10.6 Å². The van der Waals surface area contributed by atoms with Gasteiger partial charge >= 0.3 is 0 Å². The van der Waals surface area contributed by atoms with Crippen LogP contribution in [0.15, 0.2) is 83.8 Å². The van der Waals surface area contributed by atoms with Crippen molar-refractivity contribution in [3.05, 3.63) is 95.0 Å². The molecule has 156 valence electrons. The van der Waals surface area contributed by atoms with Crippen molar-refractivity contribution >= 4 is 33.2 Å². The van der Waals surface area contributed by atoms with E-state index in [-0.39, 0.29) is 17.3 Å². The molecule has 0 spiro atoms. The van der Waals surface area contributed by atoms with E-state index in [1.54, 1.807) is 56.4 Å². The number of sulfonamides is 1. The first-order valence-electron chi connectivity index (χ1n) is 9.51. The van der Waals surface area contributed by atoms with Gasteiger partial charge in [-0.25, -0.2) is 8.42 Å². The second kappa shape index (κ2) is 9.32. The smallest absolute Gasteiger partial charge is 0.264 e. The van der Waals surface area contributed by atoms with E-state index >= 15 is 0 Å². The van der Waals surface area contributed by atoms with Crippen LogP contribution in [0, 0.1) is 0 Å². The molecule has 0 unspecified atom stereocenters. The second-order valence-corrected chi connectivity index (χ2v) is 9.06. The summed E-state index contributed by atoms with van der Waals surface area (Å²) in [6, 6.07) is 22.3. The van der Waals surface area contributed by atoms with E-state index in [2.05, 4.69) is 0 Å². The van der Waals surface area contributed by atoms with Gasteiger partial charge in [-0.05, 0) is 48.9 Å². The number of halogens is 1. The van der Waals surface area contributed by atoms with Crippen LogP contribution in [0.5, 0.6) is 0 Å². The van der Waals surface area contributed by atoms with Crippen LogP contribution in [-0.4, -0.2) is 32.8 Å². The van der Waals surface area contributed by atoms with Crippen molar-refractivity contribution in [3.8, 4) is 0 Å². The van der Waals surface area contributed by atoms with E-state index < -0.39 is 10.0 Å². The number of carbonyl (C=O) groups is 1. The Hall–Kier alpha value is -2.83. The van der Waals surface area contributed by atoms with E-state index in [9.17, 15) is 13.2 Å². The van der Waals surface area contributed by atoms with E-state index in [1.165, 1.54) is 21.3 Å². The highest BCUT2D eigenvalue weighted by Gasteiger charge is 2.25. The molecule has 0 saturated heterocycles. The number of rotatable bonds is 7. The van der Waals surface area contributed by atoms with Crippen LogP contribution in [-0.2, 0) is 16.6 Å². The Morgan fingerprint density at radius 1 is 0.933 bits per heavy atom. The van der Waals surface area contributed by atoms with Crippen molar-refractivity contribution in [3.63, 3.8) is 0 Å². The molecule has 0 aliphatic carbocycles. The number of amides is 1. The predicted octanol–water partition coefficient (Wildman–Crippen LogP) is 4.83. The molecule has 0 fully saturated rings. The molecular weight excluding hydrogens is 420 g/mol. The number of carbonyl (C=O) groups excluding carboxylic acids is 1. The molecule has 1 amide bonds. The van der Waals surface area contributed by atoms with Crippen molar-refractivity contribution in [1.82, 2.24) is 4.90 Å². The summed E-state index contributed by atoms with van der Waals surface area (Å²) in [4.78, 5) is 14.5. The minimum Gasteiger partial charge on any atom is -0.337 e. The zero-order valence-corrected chi connectivity index (χ0v) is 18.4. The normalized spacial score (nSPS) is 11.2. The topological polar surface area (TPSA) is 57.7 Å². The Morgan fingerprint density at radius 2 is 1.60 bits per heavy atom. The van der Waals surface area contributed by atoms with E-state index in [1.807, 2.05) is 24.3 Å². The number of para-hydroxylation sites is 1. The minimum atomic E-state index is -3.81. The summed E-state index contributed by atoms with van der Waals surface area (Å²) in [5.74, 6) is -0.283. The maximum atomic E-state index is 13.2. The second-order valence-electron chi connectivity index (χ2n) is 6.79. The molecule has 3 rings (SSSR count). The van der Waals surface area contributed by atoms with Gasteiger partial charge in [-0.3, -0.25) is 9.10 Å². The molecule has 0 aliphatic rings. The zero-order chi connectivity index (χ0) is 21.7. The average Bonchev–Trinajstić information content (AvgIpc) is 2.76. The fraction of sp³-hybridized carbons (Fsp3) is 0.174. The summed E-state index contributed by atoms with van der Waals surface area (Å²) in [7, 11) is -2.15. The van der Waals surface area contributed by atoms with Gasteiger partial charge in [0.25, 0.3) is 15.9 Å². The van der Waals surface area contributed by atoms with Gasteiger partial charge < -0.3 is 4.90 Å². The molecule has 0 aromatic heterocycles. The summed E-state index contributed by atoms with van der Waals surface area (Å²) in [5, 5.41) is 0.579. The third kappa shape index (κ3) is 4.66. The quantitative estimate of drug-likeness (QED) is 0.526. The maximum absolute atomic E-state index is 13.2. The molecule has 5 nitrogen and oxygen atoms in total. The van der Waals surface area contributed by atoms with Crippen LogP contribution < -0.4 is 4.31 Å². The predicted molar refractivity (Wildman–Crippen MR) is 120 cm³/mol. The average molecular weight is 443 g/mol. The molecule has 0 heterocycles. The van der Waals surface area contributed by atoms with E-state index in [4.69, 9.17) is 11.6 Å². The Kier molecular flexibility index (Phi) is 6.80. The first kappa shape index (κ1) is 21.9. The Balaban J connectivity index is 1.88. The van der Waals surface area contributed by atoms with Gasteiger partial charge in [0.2, 0.25) is 0 Å². The SMILES string of the molecule is CCN(c1ccccc1)S(=O)(=O)c1cccc(C(=O)N(C)Cc2ccccc2Cl)c1.